The zero-order chi connectivity index (χ0) is 14.1. The number of halogens is 2. The zero-order valence-electron chi connectivity index (χ0n) is 10.4. The molecule has 3 nitrogen and oxygen atoms in total. The van der Waals surface area contributed by atoms with E-state index in [4.69, 9.17) is 4.74 Å². The number of fused-ring (bicyclic) bond motifs is 1. The number of carbonyl (C=O) groups excluding carboxylic acids is 1. The smallest absolute Gasteiger partial charge is 0.261 e. The SMILES string of the molecule is O=C(NCC1Cc2ccccc2O1)c1cc(Br)c(Br)s1. The zero-order valence-corrected chi connectivity index (χ0v) is 14.3. The van der Waals surface area contributed by atoms with E-state index in [-0.39, 0.29) is 12.0 Å². The van der Waals surface area contributed by atoms with E-state index >= 15 is 0 Å². The van der Waals surface area contributed by atoms with Crippen LogP contribution in [-0.4, -0.2) is 18.6 Å². The number of hydrogen-bond acceptors (Lipinski definition) is 3. The van der Waals surface area contributed by atoms with Crippen LogP contribution < -0.4 is 10.1 Å². The summed E-state index contributed by atoms with van der Waals surface area (Å²) in [7, 11) is 0. The molecule has 2 heterocycles. The quantitative estimate of drug-likeness (QED) is 0.820. The molecule has 6 heteroatoms. The largest absolute Gasteiger partial charge is 0.488 e. The average molecular weight is 417 g/mol. The summed E-state index contributed by atoms with van der Waals surface area (Å²) in [4.78, 5) is 12.7. The summed E-state index contributed by atoms with van der Waals surface area (Å²) in [5.41, 5.74) is 1.20. The predicted molar refractivity (Wildman–Crippen MR) is 86.6 cm³/mol. The molecule has 0 saturated carbocycles. The molecule has 1 unspecified atom stereocenters. The lowest BCUT2D eigenvalue weighted by molar-refractivity contribution is 0.0937. The maximum absolute atomic E-state index is 12.0. The molecule has 0 spiro atoms. The highest BCUT2D eigenvalue weighted by Crippen LogP contribution is 2.32. The molecule has 0 bridgehead atoms. The predicted octanol–water partition coefficient (Wildman–Crippen LogP) is 4.01. The van der Waals surface area contributed by atoms with Crippen LogP contribution in [0.5, 0.6) is 5.75 Å². The van der Waals surface area contributed by atoms with Gasteiger partial charge in [-0.2, -0.15) is 0 Å². The van der Waals surface area contributed by atoms with Gasteiger partial charge in [-0.25, -0.2) is 0 Å². The van der Waals surface area contributed by atoms with Gasteiger partial charge >= 0.3 is 0 Å². The molecular weight excluding hydrogens is 406 g/mol. The first-order chi connectivity index (χ1) is 9.63. The molecule has 1 amide bonds. The summed E-state index contributed by atoms with van der Waals surface area (Å²) >= 11 is 8.18. The number of amides is 1. The molecule has 0 aliphatic carbocycles. The van der Waals surface area contributed by atoms with Crippen molar-refractivity contribution >= 4 is 49.1 Å². The minimum Gasteiger partial charge on any atom is -0.488 e. The third-order valence-corrected chi connectivity index (χ3v) is 6.33. The van der Waals surface area contributed by atoms with E-state index in [1.54, 1.807) is 0 Å². The second-order valence-corrected chi connectivity index (χ2v) is 7.72. The molecular formula is C14H11Br2NO2S. The molecule has 0 radical (unpaired) electrons. The third kappa shape index (κ3) is 2.92. The highest BCUT2D eigenvalue weighted by atomic mass is 79.9. The molecule has 1 N–H and O–H groups in total. The van der Waals surface area contributed by atoms with Crippen molar-refractivity contribution in [3.63, 3.8) is 0 Å². The lowest BCUT2D eigenvalue weighted by atomic mass is 10.1. The maximum atomic E-state index is 12.0. The Hall–Kier alpha value is -0.850. The van der Waals surface area contributed by atoms with E-state index in [9.17, 15) is 4.79 Å². The highest BCUT2D eigenvalue weighted by molar-refractivity contribution is 9.13. The van der Waals surface area contributed by atoms with Gasteiger partial charge in [0.15, 0.2) is 0 Å². The molecule has 1 aliphatic rings. The molecule has 3 rings (SSSR count). The van der Waals surface area contributed by atoms with Gasteiger partial charge in [-0.15, -0.1) is 11.3 Å². The van der Waals surface area contributed by atoms with Crippen LogP contribution in [0.4, 0.5) is 0 Å². The first-order valence-electron chi connectivity index (χ1n) is 6.11. The number of para-hydroxylation sites is 1. The van der Waals surface area contributed by atoms with Gasteiger partial charge in [0.05, 0.1) is 15.2 Å². The molecule has 1 atom stereocenters. The normalized spacial score (nSPS) is 16.6. The summed E-state index contributed by atoms with van der Waals surface area (Å²) < 4.78 is 7.62. The molecule has 0 fully saturated rings. The van der Waals surface area contributed by atoms with Crippen molar-refractivity contribution in [2.75, 3.05) is 6.54 Å². The Morgan fingerprint density at radius 2 is 2.20 bits per heavy atom. The number of ether oxygens (including phenoxy) is 1. The van der Waals surface area contributed by atoms with E-state index in [1.165, 1.54) is 16.9 Å². The number of rotatable bonds is 3. The first kappa shape index (κ1) is 14.1. The molecule has 1 aromatic carbocycles. The van der Waals surface area contributed by atoms with Gasteiger partial charge in [0, 0.05) is 10.9 Å². The molecule has 0 saturated heterocycles. The third-order valence-electron chi connectivity index (χ3n) is 3.07. The van der Waals surface area contributed by atoms with Crippen LogP contribution in [0, 0.1) is 0 Å². The van der Waals surface area contributed by atoms with E-state index in [0.29, 0.717) is 11.4 Å². The van der Waals surface area contributed by atoms with Crippen molar-refractivity contribution in [1.29, 1.82) is 0 Å². The summed E-state index contributed by atoms with van der Waals surface area (Å²) in [5.74, 6) is 0.856. The number of carbonyl (C=O) groups is 1. The van der Waals surface area contributed by atoms with E-state index in [0.717, 1.165) is 20.4 Å². The van der Waals surface area contributed by atoms with E-state index in [2.05, 4.69) is 43.2 Å². The first-order valence-corrected chi connectivity index (χ1v) is 8.51. The van der Waals surface area contributed by atoms with Crippen LogP contribution in [-0.2, 0) is 6.42 Å². The van der Waals surface area contributed by atoms with Crippen molar-refractivity contribution in [3.8, 4) is 5.75 Å². The van der Waals surface area contributed by atoms with Gasteiger partial charge in [-0.3, -0.25) is 4.79 Å². The summed E-state index contributed by atoms with van der Waals surface area (Å²) in [6.07, 6.45) is 0.858. The van der Waals surface area contributed by atoms with Crippen molar-refractivity contribution in [2.45, 2.75) is 12.5 Å². The Kier molecular flexibility index (Phi) is 4.14. The maximum Gasteiger partial charge on any atom is 0.261 e. The van der Waals surface area contributed by atoms with Crippen LogP contribution in [0.15, 0.2) is 38.6 Å². The fraction of sp³-hybridized carbons (Fsp3) is 0.214. The van der Waals surface area contributed by atoms with Crippen LogP contribution in [0.1, 0.15) is 15.2 Å². The Bertz CT molecular complexity index is 612. The van der Waals surface area contributed by atoms with E-state index in [1.807, 2.05) is 24.3 Å². The molecule has 20 heavy (non-hydrogen) atoms. The van der Waals surface area contributed by atoms with Gasteiger partial charge in [-0.05, 0) is 49.6 Å². The number of nitrogens with one attached hydrogen (secondary N) is 1. The minimum absolute atomic E-state index is 0.0168. The number of hydrogen-bond donors (Lipinski definition) is 1. The highest BCUT2D eigenvalue weighted by Gasteiger charge is 2.23. The summed E-state index contributed by atoms with van der Waals surface area (Å²) in [6.45, 7) is 0.515. The summed E-state index contributed by atoms with van der Waals surface area (Å²) in [6, 6.07) is 9.80. The number of benzene rings is 1. The van der Waals surface area contributed by atoms with E-state index < -0.39 is 0 Å². The van der Waals surface area contributed by atoms with Crippen LogP contribution in [0.3, 0.4) is 0 Å². The average Bonchev–Trinajstić information content (AvgIpc) is 3.00. The second-order valence-electron chi connectivity index (χ2n) is 4.49. The van der Waals surface area contributed by atoms with Gasteiger partial charge in [0.25, 0.3) is 5.91 Å². The van der Waals surface area contributed by atoms with Crippen molar-refractivity contribution in [2.24, 2.45) is 0 Å². The Morgan fingerprint density at radius 1 is 1.40 bits per heavy atom. The Morgan fingerprint density at radius 3 is 2.90 bits per heavy atom. The van der Waals surface area contributed by atoms with Crippen molar-refractivity contribution < 1.29 is 9.53 Å². The monoisotopic (exact) mass is 415 g/mol. The molecule has 2 aromatic rings. The van der Waals surface area contributed by atoms with Crippen LogP contribution >= 0.6 is 43.2 Å². The van der Waals surface area contributed by atoms with Crippen molar-refractivity contribution in [3.05, 3.63) is 49.0 Å². The molecule has 1 aliphatic heterocycles. The van der Waals surface area contributed by atoms with Gasteiger partial charge in [0.1, 0.15) is 11.9 Å². The topological polar surface area (TPSA) is 38.3 Å². The van der Waals surface area contributed by atoms with Gasteiger partial charge in [-0.1, -0.05) is 18.2 Å². The lowest BCUT2D eigenvalue weighted by Gasteiger charge is -2.11. The fourth-order valence-corrected chi connectivity index (χ4v) is 4.07. The van der Waals surface area contributed by atoms with Gasteiger partial charge < -0.3 is 10.1 Å². The Labute approximate surface area is 137 Å². The second kappa shape index (κ2) is 5.87. The molecule has 104 valence electrons. The number of thiophene rings is 1. The molecule has 1 aromatic heterocycles. The summed E-state index contributed by atoms with van der Waals surface area (Å²) in [5, 5.41) is 2.92. The van der Waals surface area contributed by atoms with Crippen LogP contribution in [0.25, 0.3) is 0 Å². The van der Waals surface area contributed by atoms with Crippen molar-refractivity contribution in [1.82, 2.24) is 5.32 Å². The Balaban J connectivity index is 1.57. The lowest BCUT2D eigenvalue weighted by Crippen LogP contribution is -2.34. The standard InChI is InChI=1S/C14H11Br2NO2S/c15-10-6-12(20-13(10)16)14(18)17-7-9-5-8-3-1-2-4-11(8)19-9/h1-4,6,9H,5,7H2,(H,17,18). The fourth-order valence-electron chi connectivity index (χ4n) is 2.12. The van der Waals surface area contributed by atoms with Gasteiger partial charge in [0.2, 0.25) is 0 Å². The van der Waals surface area contributed by atoms with Crippen LogP contribution in [0.2, 0.25) is 0 Å². The minimum atomic E-state index is -0.0686.